The summed E-state index contributed by atoms with van der Waals surface area (Å²) in [4.78, 5) is 35.0. The molecule has 4 rings (SSSR count). The molecule has 1 spiro atoms. The number of rotatable bonds is 5. The van der Waals surface area contributed by atoms with Gasteiger partial charge in [0.05, 0.1) is 30.5 Å². The normalized spacial score (nSPS) is 28.3. The van der Waals surface area contributed by atoms with Crippen molar-refractivity contribution in [2.24, 2.45) is 5.41 Å². The molecule has 2 amide bonds. The molecule has 2 N–H and O–H groups in total. The Balaban J connectivity index is 1.53. The van der Waals surface area contributed by atoms with Crippen molar-refractivity contribution in [2.75, 3.05) is 43.1 Å². The minimum absolute atomic E-state index is 0.227. The van der Waals surface area contributed by atoms with Gasteiger partial charge in [-0.15, -0.1) is 0 Å². The second kappa shape index (κ2) is 9.13. The Morgan fingerprint density at radius 2 is 2.03 bits per heavy atom. The lowest BCUT2D eigenvalue weighted by atomic mass is 9.78. The van der Waals surface area contributed by atoms with Gasteiger partial charge < -0.3 is 24.7 Å². The summed E-state index contributed by atoms with van der Waals surface area (Å²) in [7, 11) is 1.56. The number of methoxy groups -OCH3 is 1. The van der Waals surface area contributed by atoms with Gasteiger partial charge in [0.25, 0.3) is 0 Å². The van der Waals surface area contributed by atoms with Crippen LogP contribution in [0, 0.1) is 5.41 Å². The quantitative estimate of drug-likeness (QED) is 0.716. The number of carbonyl (C=O) groups excluding carboxylic acids is 1. The largest absolute Gasteiger partial charge is 0.493 e. The Hall–Kier alpha value is -2.55. The zero-order valence-corrected chi connectivity index (χ0v) is 19.0. The van der Waals surface area contributed by atoms with Gasteiger partial charge in [0.1, 0.15) is 0 Å². The number of aliphatic hydroxyl groups is 1. The summed E-state index contributed by atoms with van der Waals surface area (Å²) in [5.41, 5.74) is 0.0610. The minimum Gasteiger partial charge on any atom is -0.493 e. The molecule has 0 radical (unpaired) electrons. The van der Waals surface area contributed by atoms with E-state index in [0.29, 0.717) is 30.3 Å². The first-order chi connectivity index (χ1) is 15.4. The second-order valence-corrected chi connectivity index (χ2v) is 9.26. The van der Waals surface area contributed by atoms with Crippen molar-refractivity contribution in [3.8, 4) is 5.75 Å². The monoisotopic (exact) mass is 446 g/mol. The van der Waals surface area contributed by atoms with E-state index in [9.17, 15) is 19.8 Å². The molecular formula is C23H34N4O5. The Bertz CT molecular complexity index is 857. The summed E-state index contributed by atoms with van der Waals surface area (Å²) in [6, 6.07) is 1.95. The number of aliphatic hydroxyl groups excluding tert-OH is 1. The first-order valence-electron chi connectivity index (χ1n) is 11.7. The molecule has 1 unspecified atom stereocenters. The van der Waals surface area contributed by atoms with Crippen molar-refractivity contribution in [2.45, 2.75) is 64.0 Å². The van der Waals surface area contributed by atoms with Gasteiger partial charge >= 0.3 is 6.09 Å². The molecule has 9 nitrogen and oxygen atoms in total. The number of ether oxygens (including phenoxy) is 1. The number of carbonyl (C=O) groups is 2. The Morgan fingerprint density at radius 3 is 2.69 bits per heavy atom. The third kappa shape index (κ3) is 4.10. The standard InChI is InChI=1S/C23H34N4O5/c1-3-26(22(30)31)17-13-19(32-2)20(24-14-17)25-11-4-9-23(15-25)10-12-27(21(23)29)16-5-7-18(28)8-6-16/h13-14,16,18,28H,3-12,15H2,1-2H3,(H,30,31)/t16-,18+,23?. The smallest absolute Gasteiger partial charge is 0.411 e. The average Bonchev–Trinajstić information content (AvgIpc) is 3.09. The van der Waals surface area contributed by atoms with E-state index in [-0.39, 0.29) is 18.1 Å². The molecule has 1 aliphatic carbocycles. The predicted octanol–water partition coefficient (Wildman–Crippen LogP) is 2.72. The molecule has 9 heteroatoms. The van der Waals surface area contributed by atoms with Gasteiger partial charge in [-0.1, -0.05) is 0 Å². The van der Waals surface area contributed by atoms with Crippen LogP contribution in [0.15, 0.2) is 12.3 Å². The van der Waals surface area contributed by atoms with Crippen molar-refractivity contribution < 1.29 is 24.5 Å². The summed E-state index contributed by atoms with van der Waals surface area (Å²) < 4.78 is 5.58. The highest BCUT2D eigenvalue weighted by Crippen LogP contribution is 2.44. The minimum atomic E-state index is -1.03. The number of piperidine rings is 1. The van der Waals surface area contributed by atoms with Crippen LogP contribution in [0.3, 0.4) is 0 Å². The SMILES string of the molecule is CCN(C(=O)O)c1cnc(N2CCCC3(CCN([C@H]4CC[C@@H](O)CC4)C3=O)C2)c(OC)c1. The first kappa shape index (κ1) is 22.6. The van der Waals surface area contributed by atoms with Crippen LogP contribution in [0.4, 0.5) is 16.3 Å². The molecule has 3 aliphatic rings. The van der Waals surface area contributed by atoms with Gasteiger partial charge in [0.2, 0.25) is 5.91 Å². The van der Waals surface area contributed by atoms with Crippen LogP contribution in [0.2, 0.25) is 0 Å². The number of hydrogen-bond donors (Lipinski definition) is 2. The fraction of sp³-hybridized carbons (Fsp3) is 0.696. The van der Waals surface area contributed by atoms with Crippen molar-refractivity contribution >= 4 is 23.5 Å². The Labute approximate surface area is 189 Å². The maximum atomic E-state index is 13.6. The molecule has 3 heterocycles. The molecule has 0 aromatic carbocycles. The van der Waals surface area contributed by atoms with Crippen LogP contribution in [0.1, 0.15) is 51.9 Å². The molecule has 1 atom stereocenters. The van der Waals surface area contributed by atoms with Gasteiger partial charge in [-0.3, -0.25) is 9.69 Å². The van der Waals surface area contributed by atoms with Crippen molar-refractivity contribution in [3.63, 3.8) is 0 Å². The lowest BCUT2D eigenvalue weighted by molar-refractivity contribution is -0.139. The molecule has 1 aromatic rings. The zero-order chi connectivity index (χ0) is 22.9. The maximum absolute atomic E-state index is 13.6. The molecule has 32 heavy (non-hydrogen) atoms. The van der Waals surface area contributed by atoms with Gasteiger partial charge in [0.15, 0.2) is 11.6 Å². The summed E-state index contributed by atoms with van der Waals surface area (Å²) in [6.07, 6.45) is 6.20. The van der Waals surface area contributed by atoms with E-state index in [2.05, 4.69) is 14.8 Å². The predicted molar refractivity (Wildman–Crippen MR) is 120 cm³/mol. The summed E-state index contributed by atoms with van der Waals surface area (Å²) >= 11 is 0. The van der Waals surface area contributed by atoms with Crippen LogP contribution >= 0.6 is 0 Å². The summed E-state index contributed by atoms with van der Waals surface area (Å²) in [5, 5.41) is 19.2. The molecule has 0 bridgehead atoms. The molecular weight excluding hydrogens is 412 g/mol. The fourth-order valence-corrected chi connectivity index (χ4v) is 5.65. The van der Waals surface area contributed by atoms with Crippen molar-refractivity contribution in [1.29, 1.82) is 0 Å². The molecule has 2 aliphatic heterocycles. The van der Waals surface area contributed by atoms with E-state index in [1.807, 2.05) is 0 Å². The molecule has 1 saturated carbocycles. The lowest BCUT2D eigenvalue weighted by Gasteiger charge is -2.41. The van der Waals surface area contributed by atoms with Crippen molar-refractivity contribution in [3.05, 3.63) is 12.3 Å². The van der Waals surface area contributed by atoms with Gasteiger partial charge in [-0.2, -0.15) is 0 Å². The highest BCUT2D eigenvalue weighted by molar-refractivity contribution is 5.87. The van der Waals surface area contributed by atoms with Crippen LogP contribution in [-0.4, -0.2) is 77.5 Å². The third-order valence-electron chi connectivity index (χ3n) is 7.43. The third-order valence-corrected chi connectivity index (χ3v) is 7.43. The number of anilines is 2. The number of nitrogens with zero attached hydrogens (tertiary/aromatic N) is 4. The van der Waals surface area contributed by atoms with Crippen molar-refractivity contribution in [1.82, 2.24) is 9.88 Å². The number of carboxylic acid groups (broad SMARTS) is 1. The number of hydrogen-bond acceptors (Lipinski definition) is 6. The summed E-state index contributed by atoms with van der Waals surface area (Å²) in [5.74, 6) is 1.41. The average molecular weight is 447 g/mol. The van der Waals surface area contributed by atoms with E-state index in [0.717, 1.165) is 58.0 Å². The second-order valence-electron chi connectivity index (χ2n) is 9.26. The number of aromatic nitrogens is 1. The number of pyridine rings is 1. The fourth-order valence-electron chi connectivity index (χ4n) is 5.65. The highest BCUT2D eigenvalue weighted by atomic mass is 16.5. The van der Waals surface area contributed by atoms with E-state index in [1.165, 1.54) is 4.90 Å². The molecule has 2 saturated heterocycles. The Kier molecular flexibility index (Phi) is 6.46. The zero-order valence-electron chi connectivity index (χ0n) is 19.0. The first-order valence-corrected chi connectivity index (χ1v) is 11.7. The van der Waals surface area contributed by atoms with E-state index in [4.69, 9.17) is 4.74 Å². The van der Waals surface area contributed by atoms with E-state index < -0.39 is 11.5 Å². The van der Waals surface area contributed by atoms with E-state index >= 15 is 0 Å². The van der Waals surface area contributed by atoms with Crippen LogP contribution in [-0.2, 0) is 4.79 Å². The molecule has 1 aromatic heterocycles. The van der Waals surface area contributed by atoms with Crippen LogP contribution < -0.4 is 14.5 Å². The topological polar surface area (TPSA) is 106 Å². The maximum Gasteiger partial charge on any atom is 0.411 e. The van der Waals surface area contributed by atoms with Gasteiger partial charge in [-0.05, 0) is 51.9 Å². The highest BCUT2D eigenvalue weighted by Gasteiger charge is 2.51. The van der Waals surface area contributed by atoms with Gasteiger partial charge in [-0.25, -0.2) is 9.78 Å². The van der Waals surface area contributed by atoms with Crippen LogP contribution in [0.25, 0.3) is 0 Å². The Morgan fingerprint density at radius 1 is 1.28 bits per heavy atom. The van der Waals surface area contributed by atoms with E-state index in [1.54, 1.807) is 26.3 Å². The lowest BCUT2D eigenvalue weighted by Crippen LogP contribution is -2.50. The van der Waals surface area contributed by atoms with Gasteiger partial charge in [0, 0.05) is 38.3 Å². The molecule has 176 valence electrons. The number of amides is 2. The number of likely N-dealkylation sites (tertiary alicyclic amines) is 1. The summed E-state index contributed by atoms with van der Waals surface area (Å²) in [6.45, 7) is 4.24. The van der Waals surface area contributed by atoms with Crippen LogP contribution in [0.5, 0.6) is 5.75 Å². The molecule has 3 fully saturated rings.